The van der Waals surface area contributed by atoms with Crippen molar-refractivity contribution in [2.45, 2.75) is 48.9 Å². The molecule has 0 aromatic heterocycles. The van der Waals surface area contributed by atoms with Crippen LogP contribution in [0.15, 0.2) is 12.1 Å². The Hall–Kier alpha value is -0.350. The van der Waals surface area contributed by atoms with Crippen LogP contribution in [0.2, 0.25) is 9.36 Å². The predicted molar refractivity (Wildman–Crippen MR) is 87.2 cm³/mol. The molecule has 0 amide bonds. The molecule has 0 aliphatic rings. The fourth-order valence-corrected chi connectivity index (χ4v) is 4.57. The summed E-state index contributed by atoms with van der Waals surface area (Å²) in [7, 11) is 1.74. The van der Waals surface area contributed by atoms with Crippen LogP contribution < -0.4 is 8.17 Å². The van der Waals surface area contributed by atoms with Gasteiger partial charge in [-0.15, -0.1) is 0 Å². The molecule has 119 valence electrons. The maximum absolute atomic E-state index is 6.21. The zero-order valence-corrected chi connectivity index (χ0v) is 18.2. The van der Waals surface area contributed by atoms with Gasteiger partial charge in [0.1, 0.15) is 0 Å². The second-order valence-corrected chi connectivity index (χ2v) is 14.0. The molecule has 0 aliphatic carbocycles. The summed E-state index contributed by atoms with van der Waals surface area (Å²) in [4.78, 5) is 0. The first kappa shape index (κ1) is 18.7. The number of hydrogen-bond acceptors (Lipinski definition) is 3. The van der Waals surface area contributed by atoms with Crippen molar-refractivity contribution in [1.29, 1.82) is 0 Å². The summed E-state index contributed by atoms with van der Waals surface area (Å²) in [5, 5.41) is 3.50. The fourth-order valence-electron chi connectivity index (χ4n) is 2.38. The molecule has 0 radical (unpaired) electrons. The molecule has 1 aromatic carbocycles. The molecular formula is C17H30HfNO2. The number of aryl methyl sites for hydroxylation is 1. The molecule has 1 aromatic rings. The van der Waals surface area contributed by atoms with Crippen LogP contribution in [-0.2, 0) is 32.0 Å². The summed E-state index contributed by atoms with van der Waals surface area (Å²) in [6.07, 6.45) is 1.00. The number of rotatable bonds is 7. The van der Waals surface area contributed by atoms with Gasteiger partial charge in [0.2, 0.25) is 0 Å². The van der Waals surface area contributed by atoms with Crippen molar-refractivity contribution < 1.29 is 29.5 Å². The molecule has 0 fully saturated rings. The first-order valence-electron chi connectivity index (χ1n) is 7.61. The molecule has 0 atom stereocenters. The van der Waals surface area contributed by atoms with Gasteiger partial charge in [0.05, 0.1) is 0 Å². The zero-order valence-electron chi connectivity index (χ0n) is 14.6. The second-order valence-electron chi connectivity index (χ2n) is 6.70. The minimum absolute atomic E-state index is 0.142. The molecule has 0 unspecified atom stereocenters. The molecule has 0 bridgehead atoms. The Kier molecular flexibility index (Phi) is 7.41. The van der Waals surface area contributed by atoms with Crippen LogP contribution in [0.3, 0.4) is 0 Å². The number of nitrogens with one attached hydrogen (secondary N) is 1. The van der Waals surface area contributed by atoms with Gasteiger partial charge >= 0.3 is 139 Å². The van der Waals surface area contributed by atoms with Crippen LogP contribution >= 0.6 is 0 Å². The number of hydrogen-bond donors (Lipinski definition) is 1. The standard InChI is InChI=1S/C15H25NO2.2CH3.Hf/c1-11-9-13(16-7-6-8-18-5)14(17)10-12(11)15(2,3)4;;;/h9-10,16-17H,6-8H2,1-5H3;2*1H3;/q;;;+1/p-1. The average molecular weight is 459 g/mol. The topological polar surface area (TPSA) is 30.5 Å². The molecule has 0 heterocycles. The molecule has 0 spiro atoms. The quantitative estimate of drug-likeness (QED) is 0.472. The molecule has 21 heavy (non-hydrogen) atoms. The third-order valence-electron chi connectivity index (χ3n) is 3.29. The first-order valence-corrected chi connectivity index (χ1v) is 16.3. The first-order chi connectivity index (χ1) is 9.75. The predicted octanol–water partition coefficient (Wildman–Crippen LogP) is 4.75. The Bertz CT molecular complexity index is 453. The normalized spacial score (nSPS) is 11.4. The van der Waals surface area contributed by atoms with Crippen molar-refractivity contribution in [3.8, 4) is 5.75 Å². The van der Waals surface area contributed by atoms with Gasteiger partial charge in [-0.25, -0.2) is 0 Å². The van der Waals surface area contributed by atoms with Gasteiger partial charge in [0, 0.05) is 0 Å². The van der Waals surface area contributed by atoms with E-state index in [1.165, 1.54) is 11.1 Å². The Balaban J connectivity index is 3.02. The SMILES string of the molecule is COCCCNc1cc(C)c(C(C)(C)C)cc1[O][Hf]([CH3])[CH3]. The van der Waals surface area contributed by atoms with Gasteiger partial charge in [0.15, 0.2) is 0 Å². The van der Waals surface area contributed by atoms with E-state index in [4.69, 9.17) is 7.59 Å². The molecule has 0 saturated carbocycles. The van der Waals surface area contributed by atoms with Crippen molar-refractivity contribution >= 4 is 5.69 Å². The summed E-state index contributed by atoms with van der Waals surface area (Å²) in [5.41, 5.74) is 3.96. The number of benzene rings is 1. The Morgan fingerprint density at radius 1 is 1.19 bits per heavy atom. The van der Waals surface area contributed by atoms with Crippen molar-refractivity contribution in [3.63, 3.8) is 0 Å². The summed E-state index contributed by atoms with van der Waals surface area (Å²) in [6, 6.07) is 4.48. The van der Waals surface area contributed by atoms with Gasteiger partial charge in [-0.3, -0.25) is 0 Å². The van der Waals surface area contributed by atoms with Crippen LogP contribution in [0, 0.1) is 6.92 Å². The monoisotopic (exact) mass is 460 g/mol. The third-order valence-corrected chi connectivity index (χ3v) is 5.55. The van der Waals surface area contributed by atoms with E-state index < -0.39 is 21.9 Å². The summed E-state index contributed by atoms with van der Waals surface area (Å²) < 4.78 is 15.9. The van der Waals surface area contributed by atoms with Gasteiger partial charge in [-0.1, -0.05) is 0 Å². The zero-order chi connectivity index (χ0) is 16.0. The average Bonchev–Trinajstić information content (AvgIpc) is 2.35. The van der Waals surface area contributed by atoms with Crippen LogP contribution in [0.4, 0.5) is 5.69 Å². The van der Waals surface area contributed by atoms with E-state index in [1.807, 2.05) is 0 Å². The van der Waals surface area contributed by atoms with Crippen LogP contribution in [0.25, 0.3) is 0 Å². The van der Waals surface area contributed by atoms with E-state index in [2.05, 4.69) is 54.5 Å². The van der Waals surface area contributed by atoms with Crippen molar-refractivity contribution in [1.82, 2.24) is 0 Å². The van der Waals surface area contributed by atoms with E-state index in [1.54, 1.807) is 7.11 Å². The molecule has 1 rings (SSSR count). The molecular weight excluding hydrogens is 429 g/mol. The van der Waals surface area contributed by atoms with Crippen molar-refractivity contribution in [3.05, 3.63) is 23.3 Å². The van der Waals surface area contributed by atoms with E-state index in [-0.39, 0.29) is 5.41 Å². The van der Waals surface area contributed by atoms with Crippen LogP contribution in [-0.4, -0.2) is 20.3 Å². The number of anilines is 1. The molecule has 0 saturated heterocycles. The van der Waals surface area contributed by atoms with E-state index in [9.17, 15) is 0 Å². The second kappa shape index (κ2) is 8.33. The third kappa shape index (κ3) is 6.11. The van der Waals surface area contributed by atoms with Gasteiger partial charge in [0.25, 0.3) is 0 Å². The minimum atomic E-state index is -1.82. The summed E-state index contributed by atoms with van der Waals surface area (Å²) in [6.45, 7) is 10.6. The van der Waals surface area contributed by atoms with E-state index >= 15 is 0 Å². The molecule has 1 N–H and O–H groups in total. The van der Waals surface area contributed by atoms with Gasteiger partial charge in [-0.2, -0.15) is 0 Å². The Morgan fingerprint density at radius 3 is 2.38 bits per heavy atom. The van der Waals surface area contributed by atoms with Gasteiger partial charge < -0.3 is 0 Å². The van der Waals surface area contributed by atoms with Gasteiger partial charge in [-0.05, 0) is 0 Å². The number of ether oxygens (including phenoxy) is 1. The summed E-state index contributed by atoms with van der Waals surface area (Å²) >= 11 is -1.82. The molecule has 4 heteroatoms. The fraction of sp³-hybridized carbons (Fsp3) is 0.647. The Morgan fingerprint density at radius 2 is 1.86 bits per heavy atom. The van der Waals surface area contributed by atoms with Crippen molar-refractivity contribution in [2.75, 3.05) is 25.6 Å². The number of methoxy groups -OCH3 is 1. The van der Waals surface area contributed by atoms with Crippen LogP contribution in [0.1, 0.15) is 38.3 Å². The Labute approximate surface area is 138 Å². The van der Waals surface area contributed by atoms with Crippen molar-refractivity contribution in [2.24, 2.45) is 0 Å². The molecule has 3 nitrogen and oxygen atoms in total. The van der Waals surface area contributed by atoms with E-state index in [0.29, 0.717) is 0 Å². The maximum atomic E-state index is 6.21. The molecule has 0 aliphatic heterocycles. The van der Waals surface area contributed by atoms with Crippen LogP contribution in [0.5, 0.6) is 5.75 Å². The van der Waals surface area contributed by atoms with E-state index in [0.717, 1.165) is 31.0 Å². The summed E-state index contributed by atoms with van der Waals surface area (Å²) in [5.74, 6) is 1.04.